The van der Waals surface area contributed by atoms with E-state index < -0.39 is 0 Å². The Morgan fingerprint density at radius 2 is 0.786 bits per heavy atom. The van der Waals surface area contributed by atoms with Gasteiger partial charge in [-0.25, -0.2) is 0 Å². The Labute approximate surface area is 247 Å². The topological polar surface area (TPSA) is 51.6 Å². The Hall–Kier alpha value is -4.96. The van der Waals surface area contributed by atoms with E-state index in [2.05, 4.69) is 98.3 Å². The predicted octanol–water partition coefficient (Wildman–Crippen LogP) is 8.90. The molecule has 0 unspecified atom stereocenters. The van der Waals surface area contributed by atoms with E-state index in [1.54, 1.807) is 12.4 Å². The lowest BCUT2D eigenvalue weighted by Crippen LogP contribution is -2.36. The summed E-state index contributed by atoms with van der Waals surface area (Å²) in [6.45, 7) is 9.37. The molecule has 0 aliphatic heterocycles. The average Bonchev–Trinajstić information content (AvgIpc) is 3.05. The number of hydrogen-bond donors (Lipinski definition) is 0. The summed E-state index contributed by atoms with van der Waals surface area (Å²) in [4.78, 5) is 18.3. The van der Waals surface area contributed by atoms with Crippen molar-refractivity contribution in [3.8, 4) is 45.0 Å². The lowest BCUT2D eigenvalue weighted by Gasteiger charge is -2.44. The van der Waals surface area contributed by atoms with Crippen molar-refractivity contribution in [1.82, 2.24) is 19.9 Å². The van der Waals surface area contributed by atoms with Gasteiger partial charge in [-0.05, 0) is 81.9 Å². The van der Waals surface area contributed by atoms with Crippen LogP contribution in [0.4, 0.5) is 0 Å². The monoisotopic (exact) mass is 544 g/mol. The van der Waals surface area contributed by atoms with Gasteiger partial charge in [-0.15, -0.1) is 0 Å². The second-order valence-corrected chi connectivity index (χ2v) is 12.1. The summed E-state index contributed by atoms with van der Waals surface area (Å²) in [5.74, 6) is 0. The maximum atomic E-state index is 4.73. The normalized spacial score (nSPS) is 14.6. The van der Waals surface area contributed by atoms with Crippen molar-refractivity contribution < 1.29 is 0 Å². The molecule has 204 valence electrons. The number of nitrogens with zero attached hydrogens (tertiary/aromatic N) is 4. The van der Waals surface area contributed by atoms with E-state index in [9.17, 15) is 0 Å². The molecule has 2 aromatic carbocycles. The van der Waals surface area contributed by atoms with Gasteiger partial charge in [0.2, 0.25) is 0 Å². The lowest BCUT2D eigenvalue weighted by molar-refractivity contribution is 0.521. The van der Waals surface area contributed by atoms with E-state index in [1.165, 1.54) is 33.4 Å². The fourth-order valence-corrected chi connectivity index (χ4v) is 6.32. The highest BCUT2D eigenvalue weighted by Gasteiger charge is 2.41. The van der Waals surface area contributed by atoms with E-state index >= 15 is 0 Å². The van der Waals surface area contributed by atoms with Gasteiger partial charge in [0.1, 0.15) is 0 Å². The molecule has 0 spiro atoms. The summed E-state index contributed by atoms with van der Waals surface area (Å²) in [6.07, 6.45) is 7.52. The molecule has 4 heteroatoms. The number of aromatic nitrogens is 4. The third-order valence-electron chi connectivity index (χ3n) is 8.78. The first-order valence-electron chi connectivity index (χ1n) is 14.4. The van der Waals surface area contributed by atoms with Gasteiger partial charge in [0, 0.05) is 46.7 Å². The van der Waals surface area contributed by atoms with Crippen molar-refractivity contribution in [3.05, 3.63) is 144 Å². The van der Waals surface area contributed by atoms with Crippen molar-refractivity contribution >= 4 is 0 Å². The molecule has 6 aromatic rings. The molecule has 4 heterocycles. The Morgan fingerprint density at radius 3 is 1.14 bits per heavy atom. The molecular weight excluding hydrogens is 512 g/mol. The average molecular weight is 545 g/mol. The molecule has 0 fully saturated rings. The molecule has 0 radical (unpaired) electrons. The quantitative estimate of drug-likeness (QED) is 0.222. The largest absolute Gasteiger partial charge is 0.255 e. The summed E-state index contributed by atoms with van der Waals surface area (Å²) in [5, 5.41) is 0. The third kappa shape index (κ3) is 4.31. The van der Waals surface area contributed by atoms with Gasteiger partial charge >= 0.3 is 0 Å². The van der Waals surface area contributed by atoms with Crippen LogP contribution in [0.15, 0.2) is 122 Å². The molecule has 1 aliphatic rings. The maximum absolute atomic E-state index is 4.73. The molecule has 1 aliphatic carbocycles. The van der Waals surface area contributed by atoms with Crippen LogP contribution in [0.5, 0.6) is 0 Å². The highest BCUT2D eigenvalue weighted by molar-refractivity contribution is 5.73. The highest BCUT2D eigenvalue weighted by Crippen LogP contribution is 2.51. The minimum Gasteiger partial charge on any atom is -0.255 e. The van der Waals surface area contributed by atoms with Gasteiger partial charge in [-0.3, -0.25) is 19.9 Å². The Bertz CT molecular complexity index is 1750. The second kappa shape index (κ2) is 9.85. The molecule has 0 amide bonds. The lowest BCUT2D eigenvalue weighted by atomic mass is 9.59. The molecule has 42 heavy (non-hydrogen) atoms. The Balaban J connectivity index is 1.24. The zero-order valence-corrected chi connectivity index (χ0v) is 24.3. The third-order valence-corrected chi connectivity index (χ3v) is 8.78. The molecule has 7 rings (SSSR count). The fraction of sp³-hybridized carbons (Fsp3) is 0.158. The van der Waals surface area contributed by atoms with Crippen molar-refractivity contribution in [2.75, 3.05) is 0 Å². The molecule has 0 saturated heterocycles. The number of rotatable bonds is 4. The minimum absolute atomic E-state index is 0.156. The fourth-order valence-electron chi connectivity index (χ4n) is 6.32. The van der Waals surface area contributed by atoms with Crippen molar-refractivity contribution in [2.45, 2.75) is 38.5 Å². The smallest absolute Gasteiger partial charge is 0.0886 e. The van der Waals surface area contributed by atoms with Gasteiger partial charge in [0.05, 0.1) is 22.8 Å². The van der Waals surface area contributed by atoms with Crippen LogP contribution in [0.25, 0.3) is 45.0 Å². The van der Waals surface area contributed by atoms with E-state index in [-0.39, 0.29) is 10.8 Å². The molecule has 4 aromatic heterocycles. The standard InChI is InChI=1S/C38H32N4/c1-37(2)29-15-11-26(28-14-18-36(42-24-28)34-10-6-8-20-40-34)22-32(29)38(3,4)30-16-12-25(21-31(30)37)27-13-17-35(41-23-27)33-9-5-7-19-39-33/h5-24H,1-4H3. The predicted molar refractivity (Wildman–Crippen MR) is 170 cm³/mol. The van der Waals surface area contributed by atoms with Crippen LogP contribution in [0, 0.1) is 0 Å². The van der Waals surface area contributed by atoms with Crippen LogP contribution in [0.1, 0.15) is 49.9 Å². The van der Waals surface area contributed by atoms with Crippen LogP contribution < -0.4 is 0 Å². The number of benzene rings is 2. The Kier molecular flexibility index (Phi) is 6.09. The minimum atomic E-state index is -0.156. The van der Waals surface area contributed by atoms with Crippen LogP contribution in [0.3, 0.4) is 0 Å². The molecule has 0 saturated carbocycles. The van der Waals surface area contributed by atoms with Gasteiger partial charge in [-0.1, -0.05) is 76.2 Å². The van der Waals surface area contributed by atoms with E-state index in [4.69, 9.17) is 9.97 Å². The molecular formula is C38H32N4. The van der Waals surface area contributed by atoms with E-state index in [1.807, 2.05) is 48.8 Å². The second-order valence-electron chi connectivity index (χ2n) is 12.1. The number of fused-ring (bicyclic) bond motifs is 2. The van der Waals surface area contributed by atoms with Crippen molar-refractivity contribution in [1.29, 1.82) is 0 Å². The molecule has 0 bridgehead atoms. The van der Waals surface area contributed by atoms with Crippen LogP contribution in [-0.2, 0) is 10.8 Å². The first-order chi connectivity index (χ1) is 20.3. The Morgan fingerprint density at radius 1 is 0.381 bits per heavy atom. The number of hydrogen-bond acceptors (Lipinski definition) is 4. The van der Waals surface area contributed by atoms with Gasteiger partial charge in [0.25, 0.3) is 0 Å². The van der Waals surface area contributed by atoms with Crippen molar-refractivity contribution in [3.63, 3.8) is 0 Å². The first kappa shape index (κ1) is 26.0. The van der Waals surface area contributed by atoms with Gasteiger partial charge in [0.15, 0.2) is 0 Å². The van der Waals surface area contributed by atoms with Crippen LogP contribution >= 0.6 is 0 Å². The van der Waals surface area contributed by atoms with Crippen molar-refractivity contribution in [2.24, 2.45) is 0 Å². The van der Waals surface area contributed by atoms with Gasteiger partial charge < -0.3 is 0 Å². The molecule has 4 nitrogen and oxygen atoms in total. The highest BCUT2D eigenvalue weighted by atomic mass is 14.8. The molecule has 0 atom stereocenters. The summed E-state index contributed by atoms with van der Waals surface area (Å²) < 4.78 is 0. The van der Waals surface area contributed by atoms with Gasteiger partial charge in [-0.2, -0.15) is 0 Å². The summed E-state index contributed by atoms with van der Waals surface area (Å²) in [5.41, 5.74) is 13.2. The maximum Gasteiger partial charge on any atom is 0.0886 e. The first-order valence-corrected chi connectivity index (χ1v) is 14.4. The van der Waals surface area contributed by atoms with Crippen LogP contribution in [0.2, 0.25) is 0 Å². The zero-order chi connectivity index (χ0) is 28.9. The summed E-state index contributed by atoms with van der Waals surface area (Å²) >= 11 is 0. The van der Waals surface area contributed by atoms with E-state index in [0.29, 0.717) is 0 Å². The molecule has 0 N–H and O–H groups in total. The summed E-state index contributed by atoms with van der Waals surface area (Å²) in [6, 6.07) is 34.0. The van der Waals surface area contributed by atoms with Crippen LogP contribution in [-0.4, -0.2) is 19.9 Å². The number of pyridine rings is 4. The van der Waals surface area contributed by atoms with E-state index in [0.717, 1.165) is 33.9 Å². The summed E-state index contributed by atoms with van der Waals surface area (Å²) in [7, 11) is 0. The zero-order valence-electron chi connectivity index (χ0n) is 24.3. The SMILES string of the molecule is CC1(C)c2ccc(-c3ccc(-c4ccccn4)nc3)cc2C(C)(C)c2ccc(-c3ccc(-c4ccccn4)nc3)cc21.